The van der Waals surface area contributed by atoms with Crippen molar-refractivity contribution in [3.05, 3.63) is 0 Å². The van der Waals surface area contributed by atoms with Crippen molar-refractivity contribution in [1.82, 2.24) is 4.90 Å². The Morgan fingerprint density at radius 1 is 0.634 bits per heavy atom. The van der Waals surface area contributed by atoms with Crippen molar-refractivity contribution in [2.45, 2.75) is 181 Å². The van der Waals surface area contributed by atoms with Crippen molar-refractivity contribution in [3.8, 4) is 0 Å². The summed E-state index contributed by atoms with van der Waals surface area (Å²) in [6.45, 7) is 9.47. The first-order valence-corrected chi connectivity index (χ1v) is 18.2. The number of ether oxygens (including phenoxy) is 1. The number of rotatable bonds is 34. The van der Waals surface area contributed by atoms with Gasteiger partial charge in [-0.1, -0.05) is 117 Å². The molecule has 0 aliphatic heterocycles. The van der Waals surface area contributed by atoms with Crippen molar-refractivity contribution in [1.29, 1.82) is 0 Å². The van der Waals surface area contributed by atoms with Gasteiger partial charge in [-0.2, -0.15) is 0 Å². The van der Waals surface area contributed by atoms with Gasteiger partial charge in [0.1, 0.15) is 6.29 Å². The molecule has 0 aromatic rings. The molecule has 0 unspecified atom stereocenters. The van der Waals surface area contributed by atoms with Gasteiger partial charge in [-0.15, -0.1) is 0 Å². The molecular weight excluding hydrogens is 508 g/mol. The Hall–Kier alpha value is -0.940. The van der Waals surface area contributed by atoms with Crippen molar-refractivity contribution in [3.63, 3.8) is 0 Å². The predicted octanol–water partition coefficient (Wildman–Crippen LogP) is 9.79. The van der Waals surface area contributed by atoms with Gasteiger partial charge in [-0.05, 0) is 83.5 Å². The Labute approximate surface area is 256 Å². The zero-order valence-corrected chi connectivity index (χ0v) is 27.8. The molecule has 0 rings (SSSR count). The Kier molecular flexibility index (Phi) is 32.8. The van der Waals surface area contributed by atoms with Gasteiger partial charge in [-0.25, -0.2) is 0 Å². The summed E-state index contributed by atoms with van der Waals surface area (Å²) in [5.41, 5.74) is 5.70. The van der Waals surface area contributed by atoms with E-state index in [-0.39, 0.29) is 5.97 Å². The molecule has 5 heteroatoms. The van der Waals surface area contributed by atoms with E-state index in [4.69, 9.17) is 10.5 Å². The third-order valence-corrected chi connectivity index (χ3v) is 8.53. The number of nitrogens with zero attached hydrogens (tertiary/aromatic N) is 1. The van der Waals surface area contributed by atoms with Crippen LogP contribution in [0.5, 0.6) is 0 Å². The molecule has 0 aromatic carbocycles. The molecule has 0 amide bonds. The summed E-state index contributed by atoms with van der Waals surface area (Å²) in [6, 6.07) is 0. The number of aldehydes is 1. The highest BCUT2D eigenvalue weighted by atomic mass is 16.5. The lowest BCUT2D eigenvalue weighted by Gasteiger charge is -2.22. The van der Waals surface area contributed by atoms with Gasteiger partial charge >= 0.3 is 5.97 Å². The van der Waals surface area contributed by atoms with E-state index >= 15 is 0 Å². The Balaban J connectivity index is 3.92. The van der Waals surface area contributed by atoms with Gasteiger partial charge < -0.3 is 20.2 Å². The molecule has 0 radical (unpaired) electrons. The second-order valence-corrected chi connectivity index (χ2v) is 12.5. The molecule has 0 bridgehead atoms. The van der Waals surface area contributed by atoms with Crippen molar-refractivity contribution < 1.29 is 14.3 Å². The highest BCUT2D eigenvalue weighted by Gasteiger charge is 2.10. The molecule has 0 saturated carbocycles. The molecule has 0 aliphatic carbocycles. The lowest BCUT2D eigenvalue weighted by molar-refractivity contribution is -0.144. The smallest absolute Gasteiger partial charge is 0.305 e. The third kappa shape index (κ3) is 30.3. The number of carbonyl (C=O) groups is 2. The molecule has 0 saturated heterocycles. The molecule has 0 atom stereocenters. The molecular formula is C36H72N2O3. The van der Waals surface area contributed by atoms with Crippen LogP contribution < -0.4 is 5.73 Å². The van der Waals surface area contributed by atoms with Crippen LogP contribution in [0.4, 0.5) is 0 Å². The van der Waals surface area contributed by atoms with E-state index in [1.807, 2.05) is 0 Å². The first-order chi connectivity index (χ1) is 20.2. The number of unbranched alkanes of at least 4 members (excludes halogenated alkanes) is 16. The van der Waals surface area contributed by atoms with Gasteiger partial charge in [0.05, 0.1) is 6.61 Å². The van der Waals surface area contributed by atoms with Gasteiger partial charge in [0.2, 0.25) is 0 Å². The molecule has 244 valence electrons. The highest BCUT2D eigenvalue weighted by Crippen LogP contribution is 2.23. The molecule has 2 N–H and O–H groups in total. The zero-order chi connectivity index (χ0) is 30.1. The molecule has 5 nitrogen and oxygen atoms in total. The van der Waals surface area contributed by atoms with Crippen LogP contribution in [0.1, 0.15) is 181 Å². The van der Waals surface area contributed by atoms with Crippen LogP contribution in [0.15, 0.2) is 0 Å². The van der Waals surface area contributed by atoms with Crippen molar-refractivity contribution >= 4 is 12.3 Å². The minimum absolute atomic E-state index is 0.00433. The van der Waals surface area contributed by atoms with Gasteiger partial charge in [0.25, 0.3) is 0 Å². The first kappa shape index (κ1) is 40.1. The topological polar surface area (TPSA) is 72.6 Å². The predicted molar refractivity (Wildman–Crippen MR) is 177 cm³/mol. The zero-order valence-electron chi connectivity index (χ0n) is 27.8. The van der Waals surface area contributed by atoms with Crippen LogP contribution in [-0.2, 0) is 14.3 Å². The molecule has 0 spiro atoms. The van der Waals surface area contributed by atoms with Crippen LogP contribution in [0.2, 0.25) is 0 Å². The Bertz CT molecular complexity index is 531. The van der Waals surface area contributed by atoms with E-state index in [1.54, 1.807) is 0 Å². The van der Waals surface area contributed by atoms with E-state index < -0.39 is 0 Å². The summed E-state index contributed by atoms with van der Waals surface area (Å²) < 4.78 is 5.59. The van der Waals surface area contributed by atoms with Crippen LogP contribution in [0.3, 0.4) is 0 Å². The average Bonchev–Trinajstić information content (AvgIpc) is 2.97. The van der Waals surface area contributed by atoms with Crippen molar-refractivity contribution in [2.75, 3.05) is 32.8 Å². The van der Waals surface area contributed by atoms with E-state index in [9.17, 15) is 9.59 Å². The summed E-state index contributed by atoms with van der Waals surface area (Å²) in [6.07, 6.45) is 32.1. The summed E-state index contributed by atoms with van der Waals surface area (Å²) >= 11 is 0. The molecule has 41 heavy (non-hydrogen) atoms. The average molecular weight is 581 g/mol. The first-order valence-electron chi connectivity index (χ1n) is 18.2. The lowest BCUT2D eigenvalue weighted by atomic mass is 9.91. The second-order valence-electron chi connectivity index (χ2n) is 12.5. The van der Waals surface area contributed by atoms with Crippen molar-refractivity contribution in [2.24, 2.45) is 11.7 Å². The summed E-state index contributed by atoms with van der Waals surface area (Å²) in [4.78, 5) is 25.3. The largest absolute Gasteiger partial charge is 0.466 e. The lowest BCUT2D eigenvalue weighted by Crippen LogP contribution is -2.27. The van der Waals surface area contributed by atoms with Crippen LogP contribution in [0.25, 0.3) is 0 Å². The number of hydrogen-bond acceptors (Lipinski definition) is 5. The molecule has 0 aliphatic rings. The Morgan fingerprint density at radius 3 is 1.68 bits per heavy atom. The van der Waals surface area contributed by atoms with E-state index in [1.165, 1.54) is 135 Å². The fourth-order valence-electron chi connectivity index (χ4n) is 5.83. The molecule has 0 heterocycles. The second kappa shape index (κ2) is 33.6. The van der Waals surface area contributed by atoms with Gasteiger partial charge in [0.15, 0.2) is 0 Å². The minimum Gasteiger partial charge on any atom is -0.466 e. The van der Waals surface area contributed by atoms with Crippen LogP contribution >= 0.6 is 0 Å². The molecule has 0 aromatic heterocycles. The third-order valence-electron chi connectivity index (χ3n) is 8.53. The Morgan fingerprint density at radius 2 is 1.12 bits per heavy atom. The standard InChI is InChI=1S/C36H72N2O3/c1-3-5-7-16-25-35(26-17-8-6-4-2)27-24-34-41-36(40)28-18-12-11-14-21-31-38(32-22-19-29-37)30-20-13-9-10-15-23-33-39/h33,35H,3-32,34,37H2,1-2H3. The number of carbonyl (C=O) groups excluding carboxylic acids is 2. The van der Waals surface area contributed by atoms with Crippen LogP contribution in [-0.4, -0.2) is 49.9 Å². The number of hydrogen-bond donors (Lipinski definition) is 1. The SMILES string of the molecule is CCCCCCC(CCCCCC)CCCOC(=O)CCCCCCCN(CCCCN)CCCCCCCC=O. The summed E-state index contributed by atoms with van der Waals surface area (Å²) in [5.74, 6) is 0.822. The summed E-state index contributed by atoms with van der Waals surface area (Å²) in [7, 11) is 0. The number of nitrogens with two attached hydrogens (primary N) is 1. The maximum Gasteiger partial charge on any atom is 0.305 e. The maximum absolute atomic E-state index is 12.2. The van der Waals surface area contributed by atoms with Gasteiger partial charge in [-0.3, -0.25) is 4.79 Å². The fourth-order valence-corrected chi connectivity index (χ4v) is 5.83. The number of esters is 1. The normalized spacial score (nSPS) is 11.5. The van der Waals surface area contributed by atoms with Gasteiger partial charge in [0, 0.05) is 12.8 Å². The highest BCUT2D eigenvalue weighted by molar-refractivity contribution is 5.69. The monoisotopic (exact) mass is 581 g/mol. The van der Waals surface area contributed by atoms with E-state index in [0.717, 1.165) is 57.4 Å². The fraction of sp³-hybridized carbons (Fsp3) is 0.944. The molecule has 0 fully saturated rings. The van der Waals surface area contributed by atoms with E-state index in [0.29, 0.717) is 19.4 Å². The minimum atomic E-state index is 0.00433. The maximum atomic E-state index is 12.2. The van der Waals surface area contributed by atoms with E-state index in [2.05, 4.69) is 18.7 Å². The van der Waals surface area contributed by atoms with Crippen LogP contribution in [0, 0.1) is 5.92 Å². The quantitative estimate of drug-likeness (QED) is 0.0466. The summed E-state index contributed by atoms with van der Waals surface area (Å²) in [5, 5.41) is 0.